The van der Waals surface area contributed by atoms with E-state index in [1.807, 2.05) is 30.3 Å². The highest BCUT2D eigenvalue weighted by atomic mass is 16.7. The van der Waals surface area contributed by atoms with E-state index in [1.54, 1.807) is 0 Å². The van der Waals surface area contributed by atoms with Gasteiger partial charge in [-0.2, -0.15) is 0 Å². The van der Waals surface area contributed by atoms with Crippen molar-refractivity contribution in [3.63, 3.8) is 0 Å². The Morgan fingerprint density at radius 3 is 2.94 bits per heavy atom. The fourth-order valence-corrected chi connectivity index (χ4v) is 1.68. The molecule has 1 saturated heterocycles. The molecule has 1 atom stereocenters. The number of hydrogen-bond donors (Lipinski definition) is 1. The lowest BCUT2D eigenvalue weighted by Crippen LogP contribution is -2.35. The average molecular weight is 237 g/mol. The smallest absolute Gasteiger partial charge is 0.147 e. The molecule has 0 saturated carbocycles. The van der Waals surface area contributed by atoms with Crippen LogP contribution in [0.4, 0.5) is 0 Å². The van der Waals surface area contributed by atoms with Gasteiger partial charge in [-0.25, -0.2) is 0 Å². The lowest BCUT2D eigenvalue weighted by Gasteiger charge is -2.22. The Morgan fingerprint density at radius 1 is 1.29 bits per heavy atom. The van der Waals surface area contributed by atoms with Gasteiger partial charge >= 0.3 is 0 Å². The van der Waals surface area contributed by atoms with Crippen LogP contribution in [0.3, 0.4) is 0 Å². The van der Waals surface area contributed by atoms with Crippen LogP contribution in [0, 0.1) is 0 Å². The molecule has 1 unspecified atom stereocenters. The highest BCUT2D eigenvalue weighted by Gasteiger charge is 2.12. The van der Waals surface area contributed by atoms with E-state index in [0.717, 1.165) is 31.9 Å². The van der Waals surface area contributed by atoms with E-state index < -0.39 is 0 Å². The van der Waals surface area contributed by atoms with Crippen LogP contribution in [0.2, 0.25) is 0 Å². The van der Waals surface area contributed by atoms with Crippen molar-refractivity contribution in [1.82, 2.24) is 5.32 Å². The molecule has 1 aromatic carbocycles. The molecule has 4 nitrogen and oxygen atoms in total. The fourth-order valence-electron chi connectivity index (χ4n) is 1.68. The topological polar surface area (TPSA) is 39.7 Å². The Kier molecular flexibility index (Phi) is 5.29. The second-order valence-corrected chi connectivity index (χ2v) is 3.97. The maximum Gasteiger partial charge on any atom is 0.147 e. The molecule has 0 spiro atoms. The molecule has 1 aromatic rings. The van der Waals surface area contributed by atoms with Gasteiger partial charge in [0.2, 0.25) is 0 Å². The summed E-state index contributed by atoms with van der Waals surface area (Å²) in [6, 6.07) is 9.84. The highest BCUT2D eigenvalue weighted by molar-refractivity contribution is 5.20. The molecular weight excluding hydrogens is 218 g/mol. The zero-order valence-corrected chi connectivity index (χ0v) is 9.93. The summed E-state index contributed by atoms with van der Waals surface area (Å²) in [5, 5.41) is 3.32. The first kappa shape index (κ1) is 12.4. The maximum atomic E-state index is 5.57. The lowest BCUT2D eigenvalue weighted by atomic mass is 10.2. The van der Waals surface area contributed by atoms with Crippen LogP contribution in [-0.4, -0.2) is 39.2 Å². The molecule has 94 valence electrons. The first-order valence-corrected chi connectivity index (χ1v) is 6.03. The van der Waals surface area contributed by atoms with E-state index in [9.17, 15) is 0 Å². The number of ether oxygens (including phenoxy) is 3. The van der Waals surface area contributed by atoms with Crippen LogP contribution in [-0.2, 0) is 9.47 Å². The second kappa shape index (κ2) is 7.27. The van der Waals surface area contributed by atoms with Gasteiger partial charge in [0.1, 0.15) is 19.1 Å². The molecule has 0 amide bonds. The van der Waals surface area contributed by atoms with Crippen molar-refractivity contribution in [2.45, 2.75) is 12.5 Å². The molecule has 1 fully saturated rings. The van der Waals surface area contributed by atoms with Crippen molar-refractivity contribution >= 4 is 0 Å². The van der Waals surface area contributed by atoms with Gasteiger partial charge in [-0.3, -0.25) is 0 Å². The average Bonchev–Trinajstić information content (AvgIpc) is 2.41. The summed E-state index contributed by atoms with van der Waals surface area (Å²) >= 11 is 0. The number of nitrogens with one attached hydrogen (secondary N) is 1. The van der Waals surface area contributed by atoms with Crippen LogP contribution < -0.4 is 10.1 Å². The van der Waals surface area contributed by atoms with Crippen molar-refractivity contribution in [1.29, 1.82) is 0 Å². The molecule has 1 aliphatic heterocycles. The second-order valence-electron chi connectivity index (χ2n) is 3.97. The molecular formula is C13H19NO3. The molecule has 2 rings (SSSR count). The molecule has 1 aliphatic rings. The van der Waals surface area contributed by atoms with Gasteiger partial charge in [-0.1, -0.05) is 18.2 Å². The van der Waals surface area contributed by atoms with Crippen molar-refractivity contribution in [2.24, 2.45) is 0 Å². The van der Waals surface area contributed by atoms with Gasteiger partial charge in [0.15, 0.2) is 0 Å². The van der Waals surface area contributed by atoms with E-state index in [1.165, 1.54) is 0 Å². The molecule has 17 heavy (non-hydrogen) atoms. The molecule has 4 heteroatoms. The Balaban J connectivity index is 1.51. The predicted molar refractivity (Wildman–Crippen MR) is 65.1 cm³/mol. The first-order chi connectivity index (χ1) is 8.45. The monoisotopic (exact) mass is 237 g/mol. The van der Waals surface area contributed by atoms with Crippen LogP contribution in [0.15, 0.2) is 30.3 Å². The van der Waals surface area contributed by atoms with E-state index in [2.05, 4.69) is 5.32 Å². The summed E-state index contributed by atoms with van der Waals surface area (Å²) in [4.78, 5) is 0. The van der Waals surface area contributed by atoms with E-state index >= 15 is 0 Å². The molecule has 0 radical (unpaired) electrons. The van der Waals surface area contributed by atoms with Gasteiger partial charge in [-0.15, -0.1) is 0 Å². The Morgan fingerprint density at radius 2 is 2.18 bits per heavy atom. The van der Waals surface area contributed by atoms with Crippen LogP contribution in [0.25, 0.3) is 0 Å². The van der Waals surface area contributed by atoms with Crippen LogP contribution in [0.5, 0.6) is 5.75 Å². The third kappa shape index (κ3) is 4.73. The van der Waals surface area contributed by atoms with Crippen molar-refractivity contribution < 1.29 is 14.2 Å². The van der Waals surface area contributed by atoms with Gasteiger partial charge in [0.25, 0.3) is 0 Å². The van der Waals surface area contributed by atoms with Gasteiger partial charge in [0, 0.05) is 13.1 Å². The summed E-state index contributed by atoms with van der Waals surface area (Å²) in [5.74, 6) is 0.914. The SMILES string of the molecule is c1ccc(OCCNCC2CCOCO2)cc1. The van der Waals surface area contributed by atoms with Crippen LogP contribution >= 0.6 is 0 Å². The molecule has 1 heterocycles. The minimum Gasteiger partial charge on any atom is -0.492 e. The number of rotatable bonds is 6. The summed E-state index contributed by atoms with van der Waals surface area (Å²) < 4.78 is 16.1. The Labute approximate surface area is 102 Å². The molecule has 0 aliphatic carbocycles. The maximum absolute atomic E-state index is 5.57. The van der Waals surface area contributed by atoms with Crippen LogP contribution in [0.1, 0.15) is 6.42 Å². The normalized spacial score (nSPS) is 20.1. The zero-order chi connectivity index (χ0) is 11.8. The quantitative estimate of drug-likeness (QED) is 0.760. The Hall–Kier alpha value is -1.10. The minimum absolute atomic E-state index is 0.278. The summed E-state index contributed by atoms with van der Waals surface area (Å²) in [5.41, 5.74) is 0. The van der Waals surface area contributed by atoms with Crippen molar-refractivity contribution in [3.05, 3.63) is 30.3 Å². The molecule has 0 bridgehead atoms. The van der Waals surface area contributed by atoms with Gasteiger partial charge < -0.3 is 19.5 Å². The van der Waals surface area contributed by atoms with Gasteiger partial charge in [-0.05, 0) is 18.6 Å². The predicted octanol–water partition coefficient (Wildman–Crippen LogP) is 1.42. The van der Waals surface area contributed by atoms with E-state index in [4.69, 9.17) is 14.2 Å². The molecule has 1 N–H and O–H groups in total. The number of benzene rings is 1. The third-order valence-electron chi connectivity index (χ3n) is 2.63. The Bertz CT molecular complexity index is 299. The van der Waals surface area contributed by atoms with E-state index in [-0.39, 0.29) is 6.10 Å². The number of hydrogen-bond acceptors (Lipinski definition) is 4. The van der Waals surface area contributed by atoms with Crippen molar-refractivity contribution in [2.75, 3.05) is 33.1 Å². The summed E-state index contributed by atoms with van der Waals surface area (Å²) in [6.45, 7) is 3.59. The summed E-state index contributed by atoms with van der Waals surface area (Å²) in [7, 11) is 0. The lowest BCUT2D eigenvalue weighted by molar-refractivity contribution is -0.137. The first-order valence-electron chi connectivity index (χ1n) is 6.03. The minimum atomic E-state index is 0.278. The largest absolute Gasteiger partial charge is 0.492 e. The zero-order valence-electron chi connectivity index (χ0n) is 9.93. The highest BCUT2D eigenvalue weighted by Crippen LogP contribution is 2.07. The number of para-hydroxylation sites is 1. The fraction of sp³-hybridized carbons (Fsp3) is 0.538. The van der Waals surface area contributed by atoms with Crippen molar-refractivity contribution in [3.8, 4) is 5.75 Å². The van der Waals surface area contributed by atoms with E-state index in [0.29, 0.717) is 13.4 Å². The summed E-state index contributed by atoms with van der Waals surface area (Å²) in [6.07, 6.45) is 1.24. The van der Waals surface area contributed by atoms with Gasteiger partial charge in [0.05, 0.1) is 12.7 Å². The molecule has 0 aromatic heterocycles. The standard InChI is InChI=1S/C13H19NO3/c1-2-4-12(5-3-1)16-9-7-14-10-13-6-8-15-11-17-13/h1-5,13-14H,6-11H2. The third-order valence-corrected chi connectivity index (χ3v) is 2.63.